The fraction of sp³-hybridized carbons (Fsp3) is 0.368. The van der Waals surface area contributed by atoms with Gasteiger partial charge in [-0.3, -0.25) is 4.79 Å². The number of rotatable bonds is 7. The van der Waals surface area contributed by atoms with Crippen molar-refractivity contribution in [3.8, 4) is 0 Å². The van der Waals surface area contributed by atoms with Gasteiger partial charge in [-0.2, -0.15) is 0 Å². The molecule has 0 unspecified atom stereocenters. The van der Waals surface area contributed by atoms with Crippen molar-refractivity contribution in [1.82, 2.24) is 4.31 Å². The number of aryl methyl sites for hydroxylation is 2. The van der Waals surface area contributed by atoms with Gasteiger partial charge in [0.25, 0.3) is 15.9 Å². The standard InChI is InChI=1S/C19H21NO5S2/c1-3-7-15-13(4-2)12-16(26-15)19(22)25-11-10-20-18(21)14-8-5-6-9-17(14)27(20,23)24/h5-6,8-9,12H,3-4,7,10-11H2,1-2H3. The van der Waals surface area contributed by atoms with E-state index >= 15 is 0 Å². The van der Waals surface area contributed by atoms with Crippen LogP contribution in [0.15, 0.2) is 35.2 Å². The molecule has 0 saturated carbocycles. The molecule has 8 heteroatoms. The molecule has 1 amide bonds. The lowest BCUT2D eigenvalue weighted by Gasteiger charge is -2.14. The van der Waals surface area contributed by atoms with E-state index in [1.54, 1.807) is 12.1 Å². The van der Waals surface area contributed by atoms with Gasteiger partial charge in [0, 0.05) is 4.88 Å². The monoisotopic (exact) mass is 407 g/mol. The predicted molar refractivity (Wildman–Crippen MR) is 103 cm³/mol. The number of carbonyl (C=O) groups is 2. The van der Waals surface area contributed by atoms with Gasteiger partial charge < -0.3 is 4.74 Å². The number of benzene rings is 1. The fourth-order valence-corrected chi connectivity index (χ4v) is 5.85. The molecule has 0 fully saturated rings. The molecule has 0 spiro atoms. The average Bonchev–Trinajstić information content (AvgIpc) is 3.15. The number of nitrogens with zero attached hydrogens (tertiary/aromatic N) is 1. The van der Waals surface area contributed by atoms with Crippen LogP contribution < -0.4 is 0 Å². The number of thiophene rings is 1. The number of fused-ring (bicyclic) bond motifs is 1. The van der Waals surface area contributed by atoms with Gasteiger partial charge in [0.2, 0.25) is 0 Å². The Morgan fingerprint density at radius 1 is 1.22 bits per heavy atom. The lowest BCUT2D eigenvalue weighted by Crippen LogP contribution is -2.33. The molecule has 0 aliphatic carbocycles. The zero-order chi connectivity index (χ0) is 19.6. The summed E-state index contributed by atoms with van der Waals surface area (Å²) < 4.78 is 30.9. The molecule has 0 radical (unpaired) electrons. The maximum Gasteiger partial charge on any atom is 0.348 e. The number of esters is 1. The third kappa shape index (κ3) is 3.64. The predicted octanol–water partition coefficient (Wildman–Crippen LogP) is 3.26. The van der Waals surface area contributed by atoms with Gasteiger partial charge in [-0.1, -0.05) is 32.4 Å². The van der Waals surface area contributed by atoms with Crippen LogP contribution in [0.25, 0.3) is 0 Å². The Morgan fingerprint density at radius 3 is 2.63 bits per heavy atom. The summed E-state index contributed by atoms with van der Waals surface area (Å²) in [5.74, 6) is -1.07. The summed E-state index contributed by atoms with van der Waals surface area (Å²) >= 11 is 1.42. The Kier molecular flexibility index (Phi) is 5.67. The summed E-state index contributed by atoms with van der Waals surface area (Å²) in [5.41, 5.74) is 1.29. The molecule has 1 aromatic carbocycles. The van der Waals surface area contributed by atoms with E-state index in [2.05, 4.69) is 6.92 Å². The number of hydrogen-bond acceptors (Lipinski definition) is 6. The van der Waals surface area contributed by atoms with Crippen LogP contribution in [-0.4, -0.2) is 37.8 Å². The van der Waals surface area contributed by atoms with E-state index in [1.165, 1.54) is 28.3 Å². The third-order valence-corrected chi connectivity index (χ3v) is 7.45. The molecular weight excluding hydrogens is 386 g/mol. The maximum atomic E-state index is 12.5. The minimum atomic E-state index is -3.88. The van der Waals surface area contributed by atoms with Crippen LogP contribution in [0.4, 0.5) is 0 Å². The lowest BCUT2D eigenvalue weighted by atomic mass is 10.1. The van der Waals surface area contributed by atoms with Gasteiger partial charge in [0.05, 0.1) is 12.1 Å². The van der Waals surface area contributed by atoms with Crippen molar-refractivity contribution in [3.05, 3.63) is 51.2 Å². The van der Waals surface area contributed by atoms with Crippen LogP contribution in [0.1, 0.15) is 50.7 Å². The Hall–Kier alpha value is -2.19. The molecule has 144 valence electrons. The van der Waals surface area contributed by atoms with Gasteiger partial charge >= 0.3 is 5.97 Å². The summed E-state index contributed by atoms with van der Waals surface area (Å²) in [7, 11) is -3.88. The van der Waals surface area contributed by atoms with Crippen molar-refractivity contribution in [1.29, 1.82) is 0 Å². The number of hydrogen-bond donors (Lipinski definition) is 0. The van der Waals surface area contributed by atoms with E-state index in [0.717, 1.165) is 29.1 Å². The van der Waals surface area contributed by atoms with Crippen molar-refractivity contribution >= 4 is 33.2 Å². The van der Waals surface area contributed by atoms with Gasteiger partial charge in [-0.05, 0) is 36.6 Å². The van der Waals surface area contributed by atoms with Crippen LogP contribution in [0.3, 0.4) is 0 Å². The van der Waals surface area contributed by atoms with Crippen molar-refractivity contribution in [3.63, 3.8) is 0 Å². The van der Waals surface area contributed by atoms with Gasteiger partial charge in [-0.15, -0.1) is 11.3 Å². The first-order valence-electron chi connectivity index (χ1n) is 8.85. The van der Waals surface area contributed by atoms with Crippen LogP contribution in [0.5, 0.6) is 0 Å². The van der Waals surface area contributed by atoms with Crippen LogP contribution in [-0.2, 0) is 27.6 Å². The van der Waals surface area contributed by atoms with E-state index in [-0.39, 0.29) is 23.6 Å². The molecule has 3 rings (SSSR count). The highest BCUT2D eigenvalue weighted by Gasteiger charge is 2.40. The van der Waals surface area contributed by atoms with E-state index in [1.807, 2.05) is 13.0 Å². The molecule has 27 heavy (non-hydrogen) atoms. The Morgan fingerprint density at radius 2 is 1.96 bits per heavy atom. The number of amides is 1. The first-order chi connectivity index (χ1) is 12.9. The first-order valence-corrected chi connectivity index (χ1v) is 11.1. The molecule has 1 aliphatic heterocycles. The second kappa shape index (κ2) is 7.82. The second-order valence-electron chi connectivity index (χ2n) is 6.18. The molecule has 0 atom stereocenters. The highest BCUT2D eigenvalue weighted by Crippen LogP contribution is 2.30. The van der Waals surface area contributed by atoms with E-state index < -0.39 is 21.9 Å². The third-order valence-electron chi connectivity index (χ3n) is 4.40. The number of sulfonamides is 1. The normalized spacial score (nSPS) is 15.0. The SMILES string of the molecule is CCCc1sc(C(=O)OCCN2C(=O)c3ccccc3S2(=O)=O)cc1CC. The fourth-order valence-electron chi connectivity index (χ4n) is 3.05. The van der Waals surface area contributed by atoms with Gasteiger partial charge in [0.15, 0.2) is 0 Å². The minimum absolute atomic E-state index is 0.00335. The largest absolute Gasteiger partial charge is 0.460 e. The molecule has 6 nitrogen and oxygen atoms in total. The molecule has 1 aromatic heterocycles. The second-order valence-corrected chi connectivity index (χ2v) is 9.14. The van der Waals surface area contributed by atoms with Crippen LogP contribution >= 0.6 is 11.3 Å². The van der Waals surface area contributed by atoms with Crippen molar-refractivity contribution in [2.45, 2.75) is 38.0 Å². The Labute approximate surface area is 162 Å². The van der Waals surface area contributed by atoms with E-state index in [4.69, 9.17) is 4.74 Å². The average molecular weight is 408 g/mol. The number of carbonyl (C=O) groups excluding carboxylic acids is 2. The minimum Gasteiger partial charge on any atom is -0.460 e. The summed E-state index contributed by atoms with van der Waals surface area (Å²) in [6.45, 7) is 3.75. The molecule has 2 aromatic rings. The van der Waals surface area contributed by atoms with Gasteiger partial charge in [0.1, 0.15) is 16.4 Å². The van der Waals surface area contributed by atoms with Crippen LogP contribution in [0.2, 0.25) is 0 Å². The molecule has 0 N–H and O–H groups in total. The van der Waals surface area contributed by atoms with Crippen molar-refractivity contribution in [2.24, 2.45) is 0 Å². The quantitative estimate of drug-likeness (QED) is 0.658. The highest BCUT2D eigenvalue weighted by molar-refractivity contribution is 7.90. The lowest BCUT2D eigenvalue weighted by molar-refractivity contribution is 0.0483. The van der Waals surface area contributed by atoms with Crippen molar-refractivity contribution < 1.29 is 22.7 Å². The summed E-state index contributed by atoms with van der Waals surface area (Å²) in [4.78, 5) is 26.3. The Balaban J connectivity index is 1.65. The van der Waals surface area contributed by atoms with Crippen molar-refractivity contribution in [2.75, 3.05) is 13.2 Å². The summed E-state index contributed by atoms with van der Waals surface area (Å²) in [6, 6.07) is 7.91. The smallest absolute Gasteiger partial charge is 0.348 e. The highest BCUT2D eigenvalue weighted by atomic mass is 32.2. The van der Waals surface area contributed by atoms with E-state index in [9.17, 15) is 18.0 Å². The zero-order valence-electron chi connectivity index (χ0n) is 15.2. The van der Waals surface area contributed by atoms with Crippen LogP contribution in [0, 0.1) is 0 Å². The molecule has 1 aliphatic rings. The zero-order valence-corrected chi connectivity index (χ0v) is 16.9. The Bertz CT molecular complexity index is 978. The van der Waals surface area contributed by atoms with Gasteiger partial charge in [-0.25, -0.2) is 17.5 Å². The summed E-state index contributed by atoms with van der Waals surface area (Å²) in [5, 5.41) is 0. The first kappa shape index (κ1) is 19.6. The maximum absolute atomic E-state index is 12.5. The number of ether oxygens (including phenoxy) is 1. The molecule has 0 bridgehead atoms. The topological polar surface area (TPSA) is 80.8 Å². The molecule has 2 heterocycles. The molecule has 0 saturated heterocycles. The van der Waals surface area contributed by atoms with E-state index in [0.29, 0.717) is 4.88 Å². The summed E-state index contributed by atoms with van der Waals surface area (Å²) in [6.07, 6.45) is 2.76. The molecular formula is C19H21NO5S2.